The molecule has 0 radical (unpaired) electrons. The number of aromatic nitrogens is 2. The lowest BCUT2D eigenvalue weighted by Crippen LogP contribution is -2.01. The highest BCUT2D eigenvalue weighted by atomic mass is 35.5. The number of nitrogens with one attached hydrogen (secondary N) is 1. The largest absolute Gasteiger partial charge is 0.439 e. The summed E-state index contributed by atoms with van der Waals surface area (Å²) in [5, 5.41) is 3.03. The fourth-order valence-electron chi connectivity index (χ4n) is 1.81. The molecule has 0 aliphatic heterocycles. The van der Waals surface area contributed by atoms with Gasteiger partial charge in [0.2, 0.25) is 5.88 Å². The third kappa shape index (κ3) is 2.82. The van der Waals surface area contributed by atoms with Crippen LogP contribution in [-0.4, -0.2) is 17.0 Å². The van der Waals surface area contributed by atoms with E-state index in [1.165, 1.54) is 12.1 Å². The van der Waals surface area contributed by atoms with Crippen LogP contribution in [0.15, 0.2) is 24.3 Å². The zero-order chi connectivity index (χ0) is 14.1. The summed E-state index contributed by atoms with van der Waals surface area (Å²) in [4.78, 5) is 8.75. The lowest BCUT2D eigenvalue weighted by molar-refractivity contribution is 0.454. The van der Waals surface area contributed by atoms with Crippen LogP contribution in [0.5, 0.6) is 11.6 Å². The molecular formula is C14H13ClFN3O. The van der Waals surface area contributed by atoms with E-state index in [0.717, 1.165) is 18.7 Å². The summed E-state index contributed by atoms with van der Waals surface area (Å²) < 4.78 is 19.0. The van der Waals surface area contributed by atoms with Crippen molar-refractivity contribution < 1.29 is 9.13 Å². The first kappa shape index (κ1) is 13.1. The lowest BCUT2D eigenvalue weighted by Gasteiger charge is -2.09. The predicted molar refractivity (Wildman–Crippen MR) is 75.0 cm³/mol. The summed E-state index contributed by atoms with van der Waals surface area (Å²) in [7, 11) is 1.78. The maximum atomic E-state index is 13.4. The third-order valence-electron chi connectivity index (χ3n) is 3.03. The number of halogens is 2. The van der Waals surface area contributed by atoms with Crippen LogP contribution in [0.2, 0.25) is 5.02 Å². The second-order valence-electron chi connectivity index (χ2n) is 4.65. The Bertz CT molecular complexity index is 646. The van der Waals surface area contributed by atoms with Gasteiger partial charge in [-0.3, -0.25) is 0 Å². The number of anilines is 1. The summed E-state index contributed by atoms with van der Waals surface area (Å²) in [6.45, 7) is 0. The summed E-state index contributed by atoms with van der Waals surface area (Å²) in [6.07, 6.45) is 2.20. The SMILES string of the molecule is CNc1cc(Oc2ccc(Cl)c(F)c2)nc(C2CC2)n1. The fourth-order valence-corrected chi connectivity index (χ4v) is 1.93. The molecule has 0 bridgehead atoms. The van der Waals surface area contributed by atoms with Crippen LogP contribution in [0.25, 0.3) is 0 Å². The third-order valence-corrected chi connectivity index (χ3v) is 3.34. The molecule has 104 valence electrons. The standard InChI is InChI=1S/C14H13ClFN3O/c1-17-12-7-13(19-14(18-12)8-2-3-8)20-9-4-5-10(15)11(16)6-9/h4-8H,2-3H2,1H3,(H,17,18,19). The molecule has 1 N–H and O–H groups in total. The molecule has 1 aromatic carbocycles. The molecule has 20 heavy (non-hydrogen) atoms. The van der Waals surface area contributed by atoms with Gasteiger partial charge in [-0.2, -0.15) is 4.98 Å². The Morgan fingerprint density at radius 1 is 1.30 bits per heavy atom. The highest BCUT2D eigenvalue weighted by molar-refractivity contribution is 6.30. The van der Waals surface area contributed by atoms with Crippen molar-refractivity contribution in [2.24, 2.45) is 0 Å². The normalized spacial score (nSPS) is 14.2. The second kappa shape index (κ2) is 5.25. The molecule has 0 saturated heterocycles. The highest BCUT2D eigenvalue weighted by Gasteiger charge is 2.27. The van der Waals surface area contributed by atoms with Gasteiger partial charge in [0.05, 0.1) is 5.02 Å². The number of rotatable bonds is 4. The van der Waals surface area contributed by atoms with Gasteiger partial charge in [0.15, 0.2) is 0 Å². The van der Waals surface area contributed by atoms with Gasteiger partial charge in [0.25, 0.3) is 0 Å². The number of hydrogen-bond acceptors (Lipinski definition) is 4. The minimum Gasteiger partial charge on any atom is -0.439 e. The van der Waals surface area contributed by atoms with Gasteiger partial charge in [-0.25, -0.2) is 9.37 Å². The van der Waals surface area contributed by atoms with Crippen LogP contribution in [0.1, 0.15) is 24.6 Å². The number of nitrogens with zero attached hydrogens (tertiary/aromatic N) is 2. The summed E-state index contributed by atoms with van der Waals surface area (Å²) in [5.74, 6) is 2.09. The first-order valence-corrected chi connectivity index (χ1v) is 6.73. The molecule has 0 spiro atoms. The van der Waals surface area contributed by atoms with E-state index in [9.17, 15) is 4.39 Å². The van der Waals surface area contributed by atoms with E-state index in [1.54, 1.807) is 19.2 Å². The van der Waals surface area contributed by atoms with Crippen molar-refractivity contribution >= 4 is 17.4 Å². The Hall–Kier alpha value is -1.88. The Morgan fingerprint density at radius 2 is 2.10 bits per heavy atom. The highest BCUT2D eigenvalue weighted by Crippen LogP contribution is 2.39. The average Bonchev–Trinajstić information content (AvgIpc) is 3.27. The maximum absolute atomic E-state index is 13.4. The Balaban J connectivity index is 1.88. The van der Waals surface area contributed by atoms with Gasteiger partial charge in [-0.15, -0.1) is 0 Å². The predicted octanol–water partition coefficient (Wildman–Crippen LogP) is 3.98. The molecule has 0 amide bonds. The molecule has 2 aromatic rings. The molecule has 0 unspecified atom stereocenters. The van der Waals surface area contributed by atoms with Crippen LogP contribution in [-0.2, 0) is 0 Å². The average molecular weight is 294 g/mol. The molecular weight excluding hydrogens is 281 g/mol. The quantitative estimate of drug-likeness (QED) is 0.926. The van der Waals surface area contributed by atoms with Gasteiger partial charge in [0, 0.05) is 25.1 Å². The van der Waals surface area contributed by atoms with Crippen molar-refractivity contribution in [3.63, 3.8) is 0 Å². The van der Waals surface area contributed by atoms with Crippen molar-refractivity contribution in [1.29, 1.82) is 0 Å². The molecule has 6 heteroatoms. The van der Waals surface area contributed by atoms with E-state index in [0.29, 0.717) is 23.4 Å². The molecule has 1 saturated carbocycles. The van der Waals surface area contributed by atoms with Gasteiger partial charge >= 0.3 is 0 Å². The van der Waals surface area contributed by atoms with Crippen LogP contribution >= 0.6 is 11.6 Å². The Morgan fingerprint density at radius 3 is 2.75 bits per heavy atom. The minimum absolute atomic E-state index is 0.0645. The minimum atomic E-state index is -0.519. The van der Waals surface area contributed by atoms with Crippen LogP contribution in [0, 0.1) is 5.82 Å². The van der Waals surface area contributed by atoms with Crippen molar-refractivity contribution in [2.75, 3.05) is 12.4 Å². The fraction of sp³-hybridized carbons (Fsp3) is 0.286. The van der Waals surface area contributed by atoms with Crippen LogP contribution in [0.4, 0.5) is 10.2 Å². The Labute approximate surface area is 121 Å². The summed E-state index contributed by atoms with van der Waals surface area (Å²) in [6, 6.07) is 5.97. The molecule has 1 aliphatic rings. The van der Waals surface area contributed by atoms with E-state index < -0.39 is 5.82 Å². The molecule has 1 heterocycles. The molecule has 4 nitrogen and oxygen atoms in total. The number of ether oxygens (including phenoxy) is 1. The van der Waals surface area contributed by atoms with Crippen LogP contribution in [0.3, 0.4) is 0 Å². The van der Waals surface area contributed by atoms with E-state index in [-0.39, 0.29) is 5.02 Å². The zero-order valence-corrected chi connectivity index (χ0v) is 11.6. The van der Waals surface area contributed by atoms with Crippen molar-refractivity contribution in [3.8, 4) is 11.6 Å². The van der Waals surface area contributed by atoms with Gasteiger partial charge in [-0.05, 0) is 25.0 Å². The Kier molecular flexibility index (Phi) is 3.44. The lowest BCUT2D eigenvalue weighted by atomic mass is 10.3. The molecule has 1 aromatic heterocycles. The number of benzene rings is 1. The van der Waals surface area contributed by atoms with Gasteiger partial charge in [0.1, 0.15) is 23.2 Å². The van der Waals surface area contributed by atoms with Crippen LogP contribution < -0.4 is 10.1 Å². The van der Waals surface area contributed by atoms with Gasteiger partial charge < -0.3 is 10.1 Å². The topological polar surface area (TPSA) is 47.0 Å². The maximum Gasteiger partial charge on any atom is 0.224 e. The van der Waals surface area contributed by atoms with Gasteiger partial charge in [-0.1, -0.05) is 11.6 Å². The molecule has 1 aliphatic carbocycles. The van der Waals surface area contributed by atoms with E-state index in [4.69, 9.17) is 16.3 Å². The smallest absolute Gasteiger partial charge is 0.224 e. The van der Waals surface area contributed by atoms with Crippen molar-refractivity contribution in [3.05, 3.63) is 40.9 Å². The monoisotopic (exact) mass is 293 g/mol. The molecule has 0 atom stereocenters. The summed E-state index contributed by atoms with van der Waals surface area (Å²) >= 11 is 5.64. The van der Waals surface area contributed by atoms with E-state index >= 15 is 0 Å². The first-order chi connectivity index (χ1) is 9.65. The van der Waals surface area contributed by atoms with E-state index in [2.05, 4.69) is 15.3 Å². The van der Waals surface area contributed by atoms with Crippen molar-refractivity contribution in [1.82, 2.24) is 9.97 Å². The first-order valence-electron chi connectivity index (χ1n) is 6.35. The van der Waals surface area contributed by atoms with E-state index in [1.807, 2.05) is 0 Å². The second-order valence-corrected chi connectivity index (χ2v) is 5.06. The molecule has 1 fully saturated rings. The molecule has 3 rings (SSSR count). The number of hydrogen-bond donors (Lipinski definition) is 1. The zero-order valence-electron chi connectivity index (χ0n) is 10.9. The summed E-state index contributed by atoms with van der Waals surface area (Å²) in [5.41, 5.74) is 0. The van der Waals surface area contributed by atoms with Crippen molar-refractivity contribution in [2.45, 2.75) is 18.8 Å².